The van der Waals surface area contributed by atoms with Gasteiger partial charge in [-0.15, -0.1) is 0 Å². The summed E-state index contributed by atoms with van der Waals surface area (Å²) in [5, 5.41) is 0. The summed E-state index contributed by atoms with van der Waals surface area (Å²) in [6, 6.07) is 7.65. The fraction of sp³-hybridized carbons (Fsp3) is 0.588. The summed E-state index contributed by atoms with van der Waals surface area (Å²) in [6.45, 7) is 2.20. The van der Waals surface area contributed by atoms with E-state index in [1.54, 1.807) is 0 Å². The molecule has 104 valence electrons. The fourth-order valence-corrected chi connectivity index (χ4v) is 2.15. The first kappa shape index (κ1) is 14.1. The van der Waals surface area contributed by atoms with E-state index in [-0.39, 0.29) is 5.78 Å². The Kier molecular flexibility index (Phi) is 5.44. The average Bonchev–Trinajstić information content (AvgIpc) is 3.22. The molecule has 19 heavy (non-hydrogen) atoms. The van der Waals surface area contributed by atoms with E-state index in [9.17, 15) is 4.79 Å². The summed E-state index contributed by atoms with van der Waals surface area (Å²) in [4.78, 5) is 12.1. The first-order chi connectivity index (χ1) is 9.29. The molecule has 1 fully saturated rings. The van der Waals surface area contributed by atoms with Crippen molar-refractivity contribution in [1.82, 2.24) is 0 Å². The molecule has 1 aliphatic rings. The van der Waals surface area contributed by atoms with Gasteiger partial charge in [-0.3, -0.25) is 4.79 Å². The highest BCUT2D eigenvalue weighted by Gasteiger charge is 2.23. The minimum absolute atomic E-state index is 0.248. The number of ether oxygens (including phenoxy) is 1. The Hall–Kier alpha value is -1.31. The Bertz CT molecular complexity index is 407. The number of hydrogen-bond donors (Lipinski definition) is 0. The molecule has 0 spiro atoms. The van der Waals surface area contributed by atoms with E-state index in [0.717, 1.165) is 37.0 Å². The van der Waals surface area contributed by atoms with Gasteiger partial charge in [-0.2, -0.15) is 0 Å². The van der Waals surface area contributed by atoms with Crippen LogP contribution in [0.4, 0.5) is 0 Å². The van der Waals surface area contributed by atoms with Crippen molar-refractivity contribution in [3.05, 3.63) is 29.8 Å². The lowest BCUT2D eigenvalue weighted by atomic mass is 10.0. The van der Waals surface area contributed by atoms with Gasteiger partial charge in [-0.1, -0.05) is 44.7 Å². The SMILES string of the molecule is CCCCCCCC(=O)c1cccc(OC2CC2)c1. The van der Waals surface area contributed by atoms with Crippen LogP contribution >= 0.6 is 0 Å². The van der Waals surface area contributed by atoms with E-state index in [4.69, 9.17) is 4.74 Å². The molecule has 2 heteroatoms. The first-order valence-electron chi connectivity index (χ1n) is 7.59. The van der Waals surface area contributed by atoms with E-state index in [0.29, 0.717) is 12.5 Å². The predicted molar refractivity (Wildman–Crippen MR) is 77.8 cm³/mol. The zero-order chi connectivity index (χ0) is 13.5. The van der Waals surface area contributed by atoms with Gasteiger partial charge < -0.3 is 4.74 Å². The molecular weight excluding hydrogens is 236 g/mol. The molecule has 0 aliphatic heterocycles. The monoisotopic (exact) mass is 260 g/mol. The van der Waals surface area contributed by atoms with Gasteiger partial charge in [0, 0.05) is 12.0 Å². The highest BCUT2D eigenvalue weighted by atomic mass is 16.5. The van der Waals surface area contributed by atoms with Crippen LogP contribution in [0.5, 0.6) is 5.75 Å². The van der Waals surface area contributed by atoms with Gasteiger partial charge in [-0.05, 0) is 31.4 Å². The van der Waals surface area contributed by atoms with Gasteiger partial charge in [0.2, 0.25) is 0 Å². The third-order valence-corrected chi connectivity index (χ3v) is 3.49. The molecule has 0 unspecified atom stereocenters. The second-order valence-electron chi connectivity index (χ2n) is 5.43. The number of benzene rings is 1. The van der Waals surface area contributed by atoms with E-state index < -0.39 is 0 Å². The summed E-state index contributed by atoms with van der Waals surface area (Å²) in [5.74, 6) is 1.09. The first-order valence-corrected chi connectivity index (χ1v) is 7.59. The van der Waals surface area contributed by atoms with Crippen molar-refractivity contribution in [3.8, 4) is 5.75 Å². The van der Waals surface area contributed by atoms with Crippen LogP contribution in [0.3, 0.4) is 0 Å². The van der Waals surface area contributed by atoms with Crippen LogP contribution in [-0.4, -0.2) is 11.9 Å². The van der Waals surface area contributed by atoms with Gasteiger partial charge in [0.05, 0.1) is 6.10 Å². The van der Waals surface area contributed by atoms with Gasteiger partial charge in [0.1, 0.15) is 5.75 Å². The normalized spacial score (nSPS) is 14.4. The maximum Gasteiger partial charge on any atom is 0.163 e. The Labute approximate surface area is 116 Å². The second kappa shape index (κ2) is 7.32. The van der Waals surface area contributed by atoms with E-state index >= 15 is 0 Å². The molecule has 0 saturated heterocycles. The van der Waals surface area contributed by atoms with Crippen molar-refractivity contribution in [2.75, 3.05) is 0 Å². The van der Waals surface area contributed by atoms with E-state index in [1.807, 2.05) is 24.3 Å². The smallest absolute Gasteiger partial charge is 0.163 e. The van der Waals surface area contributed by atoms with Crippen LogP contribution in [0.2, 0.25) is 0 Å². The topological polar surface area (TPSA) is 26.3 Å². The molecule has 0 bridgehead atoms. The van der Waals surface area contributed by atoms with Crippen LogP contribution in [0.1, 0.15) is 68.6 Å². The van der Waals surface area contributed by atoms with Gasteiger partial charge in [0.25, 0.3) is 0 Å². The Morgan fingerprint density at radius 3 is 2.74 bits per heavy atom. The summed E-state index contributed by atoms with van der Waals surface area (Å²) >= 11 is 0. The number of hydrogen-bond acceptors (Lipinski definition) is 2. The third-order valence-electron chi connectivity index (χ3n) is 3.49. The van der Waals surface area contributed by atoms with Gasteiger partial charge >= 0.3 is 0 Å². The van der Waals surface area contributed by atoms with Crippen LogP contribution < -0.4 is 4.74 Å². The average molecular weight is 260 g/mol. The van der Waals surface area contributed by atoms with Crippen molar-refractivity contribution in [2.24, 2.45) is 0 Å². The summed E-state index contributed by atoms with van der Waals surface area (Å²) in [6.07, 6.45) is 9.29. The zero-order valence-corrected chi connectivity index (χ0v) is 11.9. The standard InChI is InChI=1S/C17H24O2/c1-2-3-4-5-6-10-17(18)14-8-7-9-16(13-14)19-15-11-12-15/h7-9,13,15H,2-6,10-12H2,1H3. The van der Waals surface area contributed by atoms with Crippen molar-refractivity contribution in [2.45, 2.75) is 64.4 Å². The molecule has 0 atom stereocenters. The molecule has 1 aromatic rings. The molecule has 1 saturated carbocycles. The molecule has 0 N–H and O–H groups in total. The number of rotatable bonds is 9. The van der Waals surface area contributed by atoms with Crippen molar-refractivity contribution >= 4 is 5.78 Å². The maximum atomic E-state index is 12.1. The molecule has 0 amide bonds. The minimum Gasteiger partial charge on any atom is -0.490 e. The highest BCUT2D eigenvalue weighted by Crippen LogP contribution is 2.27. The minimum atomic E-state index is 0.248. The number of carbonyl (C=O) groups excluding carboxylic acids is 1. The number of Topliss-reactive ketones (excluding diaryl/α,β-unsaturated/α-hetero) is 1. The molecule has 2 nitrogen and oxygen atoms in total. The summed E-state index contributed by atoms with van der Waals surface area (Å²) < 4.78 is 5.72. The Morgan fingerprint density at radius 1 is 1.21 bits per heavy atom. The van der Waals surface area contributed by atoms with Crippen LogP contribution in [0.15, 0.2) is 24.3 Å². The number of carbonyl (C=O) groups is 1. The largest absolute Gasteiger partial charge is 0.490 e. The third kappa shape index (κ3) is 5.06. The van der Waals surface area contributed by atoms with Crippen molar-refractivity contribution < 1.29 is 9.53 Å². The van der Waals surface area contributed by atoms with E-state index in [1.165, 1.54) is 19.3 Å². The lowest BCUT2D eigenvalue weighted by molar-refractivity contribution is 0.0978. The molecule has 0 radical (unpaired) electrons. The van der Waals surface area contributed by atoms with Gasteiger partial charge in [0.15, 0.2) is 5.78 Å². The van der Waals surface area contributed by atoms with Crippen LogP contribution in [0.25, 0.3) is 0 Å². The van der Waals surface area contributed by atoms with Gasteiger partial charge in [-0.25, -0.2) is 0 Å². The Balaban J connectivity index is 1.77. The molecular formula is C17H24O2. The quantitative estimate of drug-likeness (QED) is 0.472. The lowest BCUT2D eigenvalue weighted by Crippen LogP contribution is -2.01. The second-order valence-corrected chi connectivity index (χ2v) is 5.43. The van der Waals surface area contributed by atoms with Crippen molar-refractivity contribution in [3.63, 3.8) is 0 Å². The molecule has 2 rings (SSSR count). The summed E-state index contributed by atoms with van der Waals surface area (Å²) in [7, 11) is 0. The molecule has 0 aromatic heterocycles. The summed E-state index contributed by atoms with van der Waals surface area (Å²) in [5.41, 5.74) is 0.800. The van der Waals surface area contributed by atoms with Crippen LogP contribution in [0, 0.1) is 0 Å². The molecule has 1 aliphatic carbocycles. The molecule has 0 heterocycles. The Morgan fingerprint density at radius 2 is 2.00 bits per heavy atom. The maximum absolute atomic E-state index is 12.1. The van der Waals surface area contributed by atoms with E-state index in [2.05, 4.69) is 6.92 Å². The van der Waals surface area contributed by atoms with Crippen molar-refractivity contribution in [1.29, 1.82) is 0 Å². The number of ketones is 1. The highest BCUT2D eigenvalue weighted by molar-refractivity contribution is 5.96. The lowest BCUT2D eigenvalue weighted by Gasteiger charge is -2.06. The fourth-order valence-electron chi connectivity index (χ4n) is 2.15. The number of unbranched alkanes of at least 4 members (excludes halogenated alkanes) is 4. The van der Waals surface area contributed by atoms with Crippen LogP contribution in [-0.2, 0) is 0 Å². The zero-order valence-electron chi connectivity index (χ0n) is 11.9. The predicted octanol–water partition coefficient (Wildman–Crippen LogP) is 4.77. The molecule has 1 aromatic carbocycles.